The van der Waals surface area contributed by atoms with Crippen LogP contribution in [0.1, 0.15) is 17.5 Å². The number of allylic oxidation sites excluding steroid dienone is 1. The number of hydrazone groups is 1. The van der Waals surface area contributed by atoms with Gasteiger partial charge in [0.15, 0.2) is 5.76 Å². The van der Waals surface area contributed by atoms with Crippen LogP contribution in [0.4, 0.5) is 0 Å². The average molecular weight is 378 g/mol. The average Bonchev–Trinajstić information content (AvgIpc) is 3.38. The number of carbonyl (C=O) groups is 1. The van der Waals surface area contributed by atoms with Gasteiger partial charge in [0.05, 0.1) is 20.1 Å². The Bertz CT molecular complexity index is 908. The normalized spacial score (nSPS) is 18.2. The van der Waals surface area contributed by atoms with E-state index in [1.807, 2.05) is 54.6 Å². The van der Waals surface area contributed by atoms with E-state index < -0.39 is 0 Å². The van der Waals surface area contributed by atoms with Gasteiger partial charge >= 0.3 is 0 Å². The molecule has 2 aromatic carbocycles. The van der Waals surface area contributed by atoms with Crippen LogP contribution in [0.25, 0.3) is 0 Å². The highest BCUT2D eigenvalue weighted by atomic mass is 16.7. The van der Waals surface area contributed by atoms with Crippen molar-refractivity contribution in [2.24, 2.45) is 5.10 Å². The minimum Gasteiger partial charge on any atom is -0.497 e. The molecule has 0 bridgehead atoms. The number of hydrogen-bond acceptors (Lipinski definition) is 5. The zero-order chi connectivity index (χ0) is 19.3. The Kier molecular flexibility index (Phi) is 5.28. The molecule has 0 aliphatic carbocycles. The molecule has 2 heterocycles. The number of amides is 1. The summed E-state index contributed by atoms with van der Waals surface area (Å²) < 4.78 is 16.7. The molecule has 0 spiro atoms. The lowest BCUT2D eigenvalue weighted by molar-refractivity contribution is -0.130. The molecule has 2 aliphatic heterocycles. The summed E-state index contributed by atoms with van der Waals surface area (Å²) in [6.07, 6.45) is 2.83. The van der Waals surface area contributed by atoms with Crippen LogP contribution >= 0.6 is 0 Å². The maximum absolute atomic E-state index is 12.6. The van der Waals surface area contributed by atoms with E-state index in [2.05, 4.69) is 5.10 Å². The summed E-state index contributed by atoms with van der Waals surface area (Å²) in [5, 5.41) is 5.95. The standard InChI is InChI=1S/C22H22N2O4/c1-26-18-9-5-8-17(12-18)13-21(25)24-11-10-19(23-24)20-15-27-22(28-20)14-16-6-3-2-4-7-16/h2-9,12,15,22H,10-11,13-14H2,1H3. The Morgan fingerprint density at radius 1 is 1.18 bits per heavy atom. The van der Waals surface area contributed by atoms with E-state index >= 15 is 0 Å². The Hall–Kier alpha value is -3.28. The second-order valence-electron chi connectivity index (χ2n) is 6.70. The lowest BCUT2D eigenvalue weighted by Gasteiger charge is -2.12. The van der Waals surface area contributed by atoms with Gasteiger partial charge in [-0.2, -0.15) is 5.10 Å². The van der Waals surface area contributed by atoms with E-state index in [0.717, 1.165) is 22.6 Å². The molecular formula is C22H22N2O4. The van der Waals surface area contributed by atoms with Gasteiger partial charge in [-0.05, 0) is 23.3 Å². The Labute approximate surface area is 164 Å². The zero-order valence-electron chi connectivity index (χ0n) is 15.7. The van der Waals surface area contributed by atoms with Crippen LogP contribution < -0.4 is 4.74 Å². The van der Waals surface area contributed by atoms with Crippen molar-refractivity contribution in [1.29, 1.82) is 0 Å². The first-order valence-corrected chi connectivity index (χ1v) is 9.28. The summed E-state index contributed by atoms with van der Waals surface area (Å²) in [4.78, 5) is 12.6. The van der Waals surface area contributed by atoms with Crippen LogP contribution in [0.5, 0.6) is 5.75 Å². The fourth-order valence-electron chi connectivity index (χ4n) is 3.23. The topological polar surface area (TPSA) is 60.4 Å². The van der Waals surface area contributed by atoms with E-state index in [1.165, 1.54) is 5.01 Å². The van der Waals surface area contributed by atoms with E-state index in [-0.39, 0.29) is 18.6 Å². The number of methoxy groups -OCH3 is 1. The zero-order valence-corrected chi connectivity index (χ0v) is 15.7. The molecule has 6 heteroatoms. The van der Waals surface area contributed by atoms with E-state index in [4.69, 9.17) is 14.2 Å². The molecule has 0 N–H and O–H groups in total. The van der Waals surface area contributed by atoms with Crippen molar-refractivity contribution in [3.63, 3.8) is 0 Å². The molecule has 6 nitrogen and oxygen atoms in total. The fourth-order valence-corrected chi connectivity index (χ4v) is 3.23. The van der Waals surface area contributed by atoms with Crippen molar-refractivity contribution < 1.29 is 19.0 Å². The fraction of sp³-hybridized carbons (Fsp3) is 0.273. The van der Waals surface area contributed by atoms with Gasteiger partial charge in [0.25, 0.3) is 0 Å². The molecule has 0 radical (unpaired) electrons. The molecular weight excluding hydrogens is 356 g/mol. The first-order valence-electron chi connectivity index (χ1n) is 9.28. The number of benzene rings is 2. The summed E-state index contributed by atoms with van der Waals surface area (Å²) in [6.45, 7) is 0.544. The van der Waals surface area contributed by atoms with Crippen LogP contribution in [0, 0.1) is 0 Å². The third kappa shape index (κ3) is 4.17. The van der Waals surface area contributed by atoms with Crippen molar-refractivity contribution in [3.05, 3.63) is 77.7 Å². The minimum absolute atomic E-state index is 0.0522. The van der Waals surface area contributed by atoms with Crippen molar-refractivity contribution >= 4 is 11.6 Å². The van der Waals surface area contributed by atoms with E-state index in [1.54, 1.807) is 13.4 Å². The molecule has 2 aromatic rings. The number of ether oxygens (including phenoxy) is 3. The highest BCUT2D eigenvalue weighted by molar-refractivity contribution is 6.00. The minimum atomic E-state index is -0.360. The molecule has 144 valence electrons. The molecule has 0 fully saturated rings. The van der Waals surface area contributed by atoms with Gasteiger partial charge < -0.3 is 14.2 Å². The second kappa shape index (κ2) is 8.17. The molecule has 0 saturated heterocycles. The molecule has 0 saturated carbocycles. The van der Waals surface area contributed by atoms with Crippen molar-refractivity contribution in [2.75, 3.05) is 13.7 Å². The molecule has 1 amide bonds. The van der Waals surface area contributed by atoms with Crippen molar-refractivity contribution in [1.82, 2.24) is 5.01 Å². The maximum atomic E-state index is 12.6. The molecule has 1 atom stereocenters. The number of nitrogens with zero attached hydrogens (tertiary/aromatic N) is 2. The maximum Gasteiger partial charge on any atom is 0.247 e. The van der Waals surface area contributed by atoms with Gasteiger partial charge in [0.1, 0.15) is 17.7 Å². The highest BCUT2D eigenvalue weighted by Gasteiger charge is 2.29. The molecule has 4 rings (SSSR count). The molecule has 1 unspecified atom stereocenters. The van der Waals surface area contributed by atoms with Crippen molar-refractivity contribution in [3.8, 4) is 5.75 Å². The smallest absolute Gasteiger partial charge is 0.247 e. The second-order valence-corrected chi connectivity index (χ2v) is 6.70. The Morgan fingerprint density at radius 2 is 2.00 bits per heavy atom. The Balaban J connectivity index is 1.34. The van der Waals surface area contributed by atoms with Gasteiger partial charge in [0.2, 0.25) is 12.2 Å². The third-order valence-corrected chi connectivity index (χ3v) is 4.69. The SMILES string of the molecule is COc1cccc(CC(=O)N2CCC(C3=COC(Cc4ccccc4)O3)=N2)c1. The monoisotopic (exact) mass is 378 g/mol. The van der Waals surface area contributed by atoms with Gasteiger partial charge in [-0.3, -0.25) is 4.79 Å². The molecule has 28 heavy (non-hydrogen) atoms. The Morgan fingerprint density at radius 3 is 2.82 bits per heavy atom. The predicted molar refractivity (Wildman–Crippen MR) is 105 cm³/mol. The first kappa shape index (κ1) is 18.1. The van der Waals surface area contributed by atoms with Crippen LogP contribution in [0.15, 0.2) is 71.7 Å². The quantitative estimate of drug-likeness (QED) is 0.774. The summed E-state index contributed by atoms with van der Waals surface area (Å²) >= 11 is 0. The summed E-state index contributed by atoms with van der Waals surface area (Å²) in [5.41, 5.74) is 2.79. The van der Waals surface area contributed by atoms with Crippen LogP contribution in [-0.2, 0) is 27.1 Å². The number of carbonyl (C=O) groups excluding carboxylic acids is 1. The lowest BCUT2D eigenvalue weighted by Crippen LogP contribution is -2.25. The van der Waals surface area contributed by atoms with Crippen LogP contribution in [0.2, 0.25) is 0 Å². The van der Waals surface area contributed by atoms with Crippen LogP contribution in [0.3, 0.4) is 0 Å². The van der Waals surface area contributed by atoms with Gasteiger partial charge in [-0.25, -0.2) is 5.01 Å². The van der Waals surface area contributed by atoms with E-state index in [0.29, 0.717) is 25.1 Å². The van der Waals surface area contributed by atoms with Gasteiger partial charge in [-0.1, -0.05) is 42.5 Å². The number of rotatable bonds is 6. The highest BCUT2D eigenvalue weighted by Crippen LogP contribution is 2.24. The lowest BCUT2D eigenvalue weighted by atomic mass is 10.1. The van der Waals surface area contributed by atoms with Crippen LogP contribution in [-0.4, -0.2) is 36.6 Å². The largest absolute Gasteiger partial charge is 0.497 e. The summed E-state index contributed by atoms with van der Waals surface area (Å²) in [5.74, 6) is 1.29. The summed E-state index contributed by atoms with van der Waals surface area (Å²) in [6, 6.07) is 17.5. The van der Waals surface area contributed by atoms with E-state index in [9.17, 15) is 4.79 Å². The van der Waals surface area contributed by atoms with Gasteiger partial charge in [-0.15, -0.1) is 0 Å². The summed E-state index contributed by atoms with van der Waals surface area (Å²) in [7, 11) is 1.61. The molecule has 0 aromatic heterocycles. The molecule has 2 aliphatic rings. The number of hydrogen-bond donors (Lipinski definition) is 0. The third-order valence-electron chi connectivity index (χ3n) is 4.69. The van der Waals surface area contributed by atoms with Crippen molar-refractivity contribution in [2.45, 2.75) is 25.6 Å². The van der Waals surface area contributed by atoms with Gasteiger partial charge in [0, 0.05) is 12.8 Å². The predicted octanol–water partition coefficient (Wildman–Crippen LogP) is 3.28. The first-order chi connectivity index (χ1) is 13.7.